The molecule has 0 atom stereocenters. The Hall–Kier alpha value is -2.56. The van der Waals surface area contributed by atoms with Crippen molar-refractivity contribution in [2.75, 3.05) is 25.0 Å². The number of para-hydroxylation sites is 1. The average molecular weight is 356 g/mol. The maximum absolute atomic E-state index is 13.0. The number of piperidine rings is 1. The van der Waals surface area contributed by atoms with Gasteiger partial charge in [-0.25, -0.2) is 4.39 Å². The third-order valence-corrected chi connectivity index (χ3v) is 4.79. The summed E-state index contributed by atoms with van der Waals surface area (Å²) in [6.45, 7) is 4.45. The lowest BCUT2D eigenvalue weighted by atomic mass is 9.99. The Balaban J connectivity index is 1.55. The first kappa shape index (κ1) is 18.2. The van der Waals surface area contributed by atoms with Crippen LogP contribution in [0.2, 0.25) is 0 Å². The molecule has 1 fully saturated rings. The molecule has 1 N–H and O–H groups in total. The van der Waals surface area contributed by atoms with E-state index < -0.39 is 0 Å². The molecule has 0 saturated carbocycles. The van der Waals surface area contributed by atoms with Crippen molar-refractivity contribution in [2.45, 2.75) is 26.3 Å². The van der Waals surface area contributed by atoms with Crippen molar-refractivity contribution in [1.82, 2.24) is 4.90 Å². The fraction of sp³-hybridized carbons (Fsp3) is 0.381. The number of nitrogens with zero attached hydrogens (tertiary/aromatic N) is 1. The number of benzene rings is 2. The standard InChI is InChI=1S/C21H25FN2O2/c1-16-10-12-24(13-11-16)21(25)15-26-20-5-3-2-4-17(20)14-23-19-8-6-18(22)7-9-19/h2-9,16,23H,10-15H2,1H3. The van der Waals surface area contributed by atoms with Crippen molar-refractivity contribution < 1.29 is 13.9 Å². The molecule has 4 nitrogen and oxygen atoms in total. The molecule has 1 aliphatic rings. The van der Waals surface area contributed by atoms with Crippen molar-refractivity contribution in [2.24, 2.45) is 5.92 Å². The number of amides is 1. The van der Waals surface area contributed by atoms with Crippen LogP contribution in [0.5, 0.6) is 5.75 Å². The molecule has 0 spiro atoms. The third-order valence-electron chi connectivity index (χ3n) is 4.79. The van der Waals surface area contributed by atoms with Gasteiger partial charge in [0.1, 0.15) is 11.6 Å². The van der Waals surface area contributed by atoms with E-state index in [1.54, 1.807) is 12.1 Å². The minimum atomic E-state index is -0.259. The highest BCUT2D eigenvalue weighted by atomic mass is 19.1. The number of nitrogens with one attached hydrogen (secondary N) is 1. The quantitative estimate of drug-likeness (QED) is 0.848. The van der Waals surface area contributed by atoms with Gasteiger partial charge < -0.3 is 15.0 Å². The zero-order valence-corrected chi connectivity index (χ0v) is 15.1. The van der Waals surface area contributed by atoms with Gasteiger partial charge in [-0.2, -0.15) is 0 Å². The number of ether oxygens (including phenoxy) is 1. The molecule has 0 aliphatic carbocycles. The van der Waals surface area contributed by atoms with Crippen molar-refractivity contribution in [3.05, 3.63) is 59.9 Å². The first-order valence-electron chi connectivity index (χ1n) is 9.10. The molecule has 2 aromatic rings. The fourth-order valence-electron chi connectivity index (χ4n) is 3.04. The smallest absolute Gasteiger partial charge is 0.260 e. The summed E-state index contributed by atoms with van der Waals surface area (Å²) >= 11 is 0. The van der Waals surface area contributed by atoms with Gasteiger partial charge >= 0.3 is 0 Å². The lowest BCUT2D eigenvalue weighted by Crippen LogP contribution is -2.40. The molecule has 1 aliphatic heterocycles. The highest BCUT2D eigenvalue weighted by Gasteiger charge is 2.20. The fourth-order valence-corrected chi connectivity index (χ4v) is 3.04. The van der Waals surface area contributed by atoms with Crippen LogP contribution in [-0.4, -0.2) is 30.5 Å². The second-order valence-electron chi connectivity index (χ2n) is 6.82. The number of carbonyl (C=O) groups is 1. The molecule has 1 amide bonds. The van der Waals surface area contributed by atoms with Gasteiger partial charge in [0.2, 0.25) is 0 Å². The van der Waals surface area contributed by atoms with E-state index in [0.717, 1.165) is 37.2 Å². The maximum Gasteiger partial charge on any atom is 0.260 e. The van der Waals surface area contributed by atoms with Gasteiger partial charge in [-0.15, -0.1) is 0 Å². The normalized spacial score (nSPS) is 14.9. The van der Waals surface area contributed by atoms with Crippen LogP contribution in [0, 0.1) is 11.7 Å². The largest absolute Gasteiger partial charge is 0.483 e. The van der Waals surface area contributed by atoms with E-state index in [4.69, 9.17) is 4.74 Å². The van der Waals surface area contributed by atoms with Crippen LogP contribution in [0.4, 0.5) is 10.1 Å². The third kappa shape index (κ3) is 4.97. The summed E-state index contributed by atoms with van der Waals surface area (Å²) in [5, 5.41) is 3.24. The molecule has 0 aromatic heterocycles. The molecule has 138 valence electrons. The second-order valence-corrected chi connectivity index (χ2v) is 6.82. The summed E-state index contributed by atoms with van der Waals surface area (Å²) in [6.07, 6.45) is 2.12. The van der Waals surface area contributed by atoms with Gasteiger partial charge in [0, 0.05) is 30.9 Å². The summed E-state index contributed by atoms with van der Waals surface area (Å²) < 4.78 is 18.8. The highest BCUT2D eigenvalue weighted by Crippen LogP contribution is 2.21. The van der Waals surface area contributed by atoms with Gasteiger partial charge in [0.25, 0.3) is 5.91 Å². The zero-order valence-electron chi connectivity index (χ0n) is 15.1. The second kappa shape index (κ2) is 8.70. The van der Waals surface area contributed by atoms with E-state index in [0.29, 0.717) is 18.2 Å². The van der Waals surface area contributed by atoms with Crippen molar-refractivity contribution in [3.63, 3.8) is 0 Å². The number of halogens is 1. The van der Waals surface area contributed by atoms with Crippen LogP contribution in [0.3, 0.4) is 0 Å². The van der Waals surface area contributed by atoms with Crippen LogP contribution in [0.25, 0.3) is 0 Å². The van der Waals surface area contributed by atoms with E-state index in [1.165, 1.54) is 12.1 Å². The van der Waals surface area contributed by atoms with E-state index in [-0.39, 0.29) is 18.3 Å². The van der Waals surface area contributed by atoms with E-state index in [9.17, 15) is 9.18 Å². The molecule has 1 heterocycles. The molecule has 0 unspecified atom stereocenters. The summed E-state index contributed by atoms with van der Waals surface area (Å²) in [4.78, 5) is 14.2. The Morgan fingerprint density at radius 3 is 2.58 bits per heavy atom. The lowest BCUT2D eigenvalue weighted by Gasteiger charge is -2.30. The molecule has 0 bridgehead atoms. The van der Waals surface area contributed by atoms with Gasteiger partial charge in [-0.1, -0.05) is 25.1 Å². The molecule has 5 heteroatoms. The minimum Gasteiger partial charge on any atom is -0.483 e. The Kier molecular flexibility index (Phi) is 6.10. The highest BCUT2D eigenvalue weighted by molar-refractivity contribution is 5.77. The molecular weight excluding hydrogens is 331 g/mol. The Morgan fingerprint density at radius 2 is 1.85 bits per heavy atom. The molecule has 2 aromatic carbocycles. The molecular formula is C21H25FN2O2. The first-order valence-corrected chi connectivity index (χ1v) is 9.10. The Bertz CT molecular complexity index is 725. The number of hydrogen-bond acceptors (Lipinski definition) is 3. The van der Waals surface area contributed by atoms with Gasteiger partial charge in [-0.05, 0) is 49.1 Å². The Morgan fingerprint density at radius 1 is 1.15 bits per heavy atom. The van der Waals surface area contributed by atoms with E-state index >= 15 is 0 Å². The minimum absolute atomic E-state index is 0.0400. The SMILES string of the molecule is CC1CCN(C(=O)COc2ccccc2CNc2ccc(F)cc2)CC1. The van der Waals surface area contributed by atoms with E-state index in [2.05, 4.69) is 12.2 Å². The predicted octanol–water partition coefficient (Wildman–Crippen LogP) is 4.08. The Labute approximate surface area is 154 Å². The number of likely N-dealkylation sites (tertiary alicyclic amines) is 1. The number of carbonyl (C=O) groups excluding carboxylic acids is 1. The van der Waals surface area contributed by atoms with Crippen LogP contribution >= 0.6 is 0 Å². The van der Waals surface area contributed by atoms with Crippen molar-refractivity contribution >= 4 is 11.6 Å². The number of anilines is 1. The molecule has 26 heavy (non-hydrogen) atoms. The summed E-state index contributed by atoms with van der Waals surface area (Å²) in [7, 11) is 0. The van der Waals surface area contributed by atoms with Gasteiger partial charge in [-0.3, -0.25) is 4.79 Å². The molecule has 0 radical (unpaired) electrons. The van der Waals surface area contributed by atoms with Crippen molar-refractivity contribution in [3.8, 4) is 5.75 Å². The topological polar surface area (TPSA) is 41.6 Å². The lowest BCUT2D eigenvalue weighted by molar-refractivity contribution is -0.134. The maximum atomic E-state index is 13.0. The predicted molar refractivity (Wildman–Crippen MR) is 101 cm³/mol. The van der Waals surface area contributed by atoms with Gasteiger partial charge in [0.15, 0.2) is 6.61 Å². The monoisotopic (exact) mass is 356 g/mol. The number of hydrogen-bond donors (Lipinski definition) is 1. The summed E-state index contributed by atoms with van der Waals surface area (Å²) in [6, 6.07) is 13.9. The average Bonchev–Trinajstić information content (AvgIpc) is 2.67. The zero-order chi connectivity index (χ0) is 18.4. The molecule has 1 saturated heterocycles. The van der Waals surface area contributed by atoms with Crippen LogP contribution < -0.4 is 10.1 Å². The summed E-state index contributed by atoms with van der Waals surface area (Å²) in [5.74, 6) is 1.17. The van der Waals surface area contributed by atoms with Crippen LogP contribution in [-0.2, 0) is 11.3 Å². The van der Waals surface area contributed by atoms with Crippen molar-refractivity contribution in [1.29, 1.82) is 0 Å². The van der Waals surface area contributed by atoms with Gasteiger partial charge in [0.05, 0.1) is 0 Å². The van der Waals surface area contributed by atoms with E-state index in [1.807, 2.05) is 29.2 Å². The number of rotatable bonds is 6. The molecule has 3 rings (SSSR count). The summed E-state index contributed by atoms with van der Waals surface area (Å²) in [5.41, 5.74) is 1.79. The first-order chi connectivity index (χ1) is 12.6. The van der Waals surface area contributed by atoms with Crippen LogP contribution in [0.1, 0.15) is 25.3 Å². The van der Waals surface area contributed by atoms with Crippen LogP contribution in [0.15, 0.2) is 48.5 Å².